The average Bonchev–Trinajstić information content (AvgIpc) is 2.49. The largest absolute Gasteiger partial charge is 0.508 e. The molecule has 0 saturated heterocycles. The fourth-order valence-electron chi connectivity index (χ4n) is 2.11. The minimum absolute atomic E-state index is 0.118. The zero-order chi connectivity index (χ0) is 16.2. The Morgan fingerprint density at radius 2 is 1.91 bits per heavy atom. The molecule has 2 N–H and O–H groups in total. The summed E-state index contributed by atoms with van der Waals surface area (Å²) in [4.78, 5) is 0.118. The number of hydrogen-bond donors (Lipinski definition) is 2. The van der Waals surface area contributed by atoms with Crippen LogP contribution in [-0.2, 0) is 16.4 Å². The maximum absolute atomic E-state index is 12.4. The second kappa shape index (κ2) is 6.81. The van der Waals surface area contributed by atoms with Crippen LogP contribution >= 0.6 is 0 Å². The van der Waals surface area contributed by atoms with Gasteiger partial charge in [-0.2, -0.15) is 0 Å². The van der Waals surface area contributed by atoms with Gasteiger partial charge in [0.05, 0.1) is 7.11 Å². The number of nitrogens with one attached hydrogen (secondary N) is 1. The van der Waals surface area contributed by atoms with Crippen molar-refractivity contribution in [2.24, 2.45) is 0 Å². The highest BCUT2D eigenvalue weighted by molar-refractivity contribution is 7.89. The van der Waals surface area contributed by atoms with Crippen molar-refractivity contribution in [1.29, 1.82) is 0 Å². The number of aromatic hydroxyl groups is 1. The first-order valence-corrected chi connectivity index (χ1v) is 8.33. The van der Waals surface area contributed by atoms with E-state index in [1.54, 1.807) is 42.5 Å². The molecule has 0 atom stereocenters. The van der Waals surface area contributed by atoms with E-state index < -0.39 is 10.0 Å². The highest BCUT2D eigenvalue weighted by Crippen LogP contribution is 2.24. The quantitative estimate of drug-likeness (QED) is 0.855. The number of phenolic OH excluding ortho intramolecular Hbond substituents is 1. The Morgan fingerprint density at radius 3 is 2.59 bits per heavy atom. The molecule has 0 aromatic heterocycles. The number of para-hydroxylation sites is 1. The standard InChI is InChI=1S/C16H19NO4S/c1-12-7-8-15(21-2)16(11-12)22(19,20)17-10-9-13-5-3-4-6-14(13)18/h3-8,11,17-18H,9-10H2,1-2H3. The molecular weight excluding hydrogens is 302 g/mol. The third-order valence-corrected chi connectivity index (χ3v) is 4.77. The van der Waals surface area contributed by atoms with E-state index in [9.17, 15) is 13.5 Å². The molecule has 0 aliphatic carbocycles. The molecule has 22 heavy (non-hydrogen) atoms. The zero-order valence-electron chi connectivity index (χ0n) is 12.5. The van der Waals surface area contributed by atoms with Crippen molar-refractivity contribution in [3.8, 4) is 11.5 Å². The van der Waals surface area contributed by atoms with Gasteiger partial charge in [0.25, 0.3) is 0 Å². The zero-order valence-corrected chi connectivity index (χ0v) is 13.4. The van der Waals surface area contributed by atoms with Crippen molar-refractivity contribution in [2.45, 2.75) is 18.2 Å². The Balaban J connectivity index is 2.12. The molecule has 0 aliphatic rings. The van der Waals surface area contributed by atoms with Gasteiger partial charge in [0, 0.05) is 6.54 Å². The smallest absolute Gasteiger partial charge is 0.244 e. The maximum Gasteiger partial charge on any atom is 0.244 e. The van der Waals surface area contributed by atoms with Gasteiger partial charge in [-0.05, 0) is 42.7 Å². The van der Waals surface area contributed by atoms with Crippen LogP contribution in [0.5, 0.6) is 11.5 Å². The predicted octanol–water partition coefficient (Wildman–Crippen LogP) is 2.23. The summed E-state index contributed by atoms with van der Waals surface area (Å²) in [5.41, 5.74) is 1.53. The lowest BCUT2D eigenvalue weighted by atomic mass is 10.1. The molecule has 0 bridgehead atoms. The van der Waals surface area contributed by atoms with E-state index in [-0.39, 0.29) is 17.2 Å². The van der Waals surface area contributed by atoms with Crippen molar-refractivity contribution in [2.75, 3.05) is 13.7 Å². The lowest BCUT2D eigenvalue weighted by Gasteiger charge is -2.12. The predicted molar refractivity (Wildman–Crippen MR) is 84.7 cm³/mol. The first kappa shape index (κ1) is 16.3. The fraction of sp³-hybridized carbons (Fsp3) is 0.250. The molecular formula is C16H19NO4S. The van der Waals surface area contributed by atoms with E-state index in [4.69, 9.17) is 4.74 Å². The second-order valence-corrected chi connectivity index (χ2v) is 6.67. The third kappa shape index (κ3) is 3.78. The van der Waals surface area contributed by atoms with E-state index in [0.717, 1.165) is 5.56 Å². The van der Waals surface area contributed by atoms with Crippen LogP contribution in [0.15, 0.2) is 47.4 Å². The van der Waals surface area contributed by atoms with Crippen LogP contribution in [0.2, 0.25) is 0 Å². The number of phenols is 1. The summed E-state index contributed by atoms with van der Waals surface area (Å²) in [6.45, 7) is 2.01. The lowest BCUT2D eigenvalue weighted by Crippen LogP contribution is -2.26. The molecule has 0 unspecified atom stereocenters. The highest BCUT2D eigenvalue weighted by Gasteiger charge is 2.19. The van der Waals surface area contributed by atoms with Crippen LogP contribution in [0.25, 0.3) is 0 Å². The van der Waals surface area contributed by atoms with Gasteiger partial charge in [0.1, 0.15) is 16.4 Å². The maximum atomic E-state index is 12.4. The molecule has 118 valence electrons. The van der Waals surface area contributed by atoms with Gasteiger partial charge >= 0.3 is 0 Å². The molecule has 2 rings (SSSR count). The summed E-state index contributed by atoms with van der Waals surface area (Å²) in [5, 5.41) is 9.68. The van der Waals surface area contributed by atoms with Crippen molar-refractivity contribution >= 4 is 10.0 Å². The van der Waals surface area contributed by atoms with Crippen molar-refractivity contribution < 1.29 is 18.3 Å². The molecule has 0 spiro atoms. The summed E-state index contributed by atoms with van der Waals surface area (Å²) >= 11 is 0. The van der Waals surface area contributed by atoms with Gasteiger partial charge in [-0.3, -0.25) is 0 Å². The van der Waals surface area contributed by atoms with E-state index in [0.29, 0.717) is 17.7 Å². The Morgan fingerprint density at radius 1 is 1.18 bits per heavy atom. The van der Waals surface area contributed by atoms with Crippen LogP contribution in [0.1, 0.15) is 11.1 Å². The first-order chi connectivity index (χ1) is 10.4. The Bertz CT molecular complexity index is 756. The Hall–Kier alpha value is -2.05. The number of aryl methyl sites for hydroxylation is 1. The van der Waals surface area contributed by atoms with Crippen LogP contribution < -0.4 is 9.46 Å². The lowest BCUT2D eigenvalue weighted by molar-refractivity contribution is 0.402. The minimum Gasteiger partial charge on any atom is -0.508 e. The van der Waals surface area contributed by atoms with Gasteiger partial charge in [0.15, 0.2) is 0 Å². The fourth-order valence-corrected chi connectivity index (χ4v) is 3.40. The van der Waals surface area contributed by atoms with Crippen molar-refractivity contribution in [3.63, 3.8) is 0 Å². The summed E-state index contributed by atoms with van der Waals surface area (Å²) in [5.74, 6) is 0.468. The molecule has 6 heteroatoms. The van der Waals surface area contributed by atoms with Crippen LogP contribution in [0, 0.1) is 6.92 Å². The Kier molecular flexibility index (Phi) is 5.05. The van der Waals surface area contributed by atoms with Gasteiger partial charge in [-0.15, -0.1) is 0 Å². The highest BCUT2D eigenvalue weighted by atomic mass is 32.2. The summed E-state index contributed by atoms with van der Waals surface area (Å²) < 4.78 is 32.4. The Labute approximate surface area is 130 Å². The average molecular weight is 321 g/mol. The molecule has 0 fully saturated rings. The van der Waals surface area contributed by atoms with Crippen LogP contribution in [0.3, 0.4) is 0 Å². The first-order valence-electron chi connectivity index (χ1n) is 6.85. The molecule has 0 saturated carbocycles. The van der Waals surface area contributed by atoms with E-state index in [2.05, 4.69) is 4.72 Å². The van der Waals surface area contributed by atoms with Gasteiger partial charge in [-0.25, -0.2) is 13.1 Å². The molecule has 5 nitrogen and oxygen atoms in total. The molecule has 2 aromatic rings. The van der Waals surface area contributed by atoms with Crippen molar-refractivity contribution in [1.82, 2.24) is 4.72 Å². The van der Waals surface area contributed by atoms with Gasteiger partial charge in [0.2, 0.25) is 10.0 Å². The summed E-state index contributed by atoms with van der Waals surface area (Å²) in [6.07, 6.45) is 0.403. The normalized spacial score (nSPS) is 11.4. The number of benzene rings is 2. The molecule has 0 heterocycles. The topological polar surface area (TPSA) is 75.6 Å². The van der Waals surface area contributed by atoms with Crippen LogP contribution in [0.4, 0.5) is 0 Å². The van der Waals surface area contributed by atoms with Crippen LogP contribution in [-0.4, -0.2) is 27.2 Å². The van der Waals surface area contributed by atoms with Gasteiger partial charge < -0.3 is 9.84 Å². The molecule has 2 aromatic carbocycles. The van der Waals surface area contributed by atoms with E-state index >= 15 is 0 Å². The second-order valence-electron chi connectivity index (χ2n) is 4.93. The SMILES string of the molecule is COc1ccc(C)cc1S(=O)(=O)NCCc1ccccc1O. The molecule has 0 aliphatic heterocycles. The number of rotatable bonds is 6. The molecule has 0 amide bonds. The number of hydrogen-bond acceptors (Lipinski definition) is 4. The number of methoxy groups -OCH3 is 1. The summed E-state index contributed by atoms with van der Waals surface area (Å²) in [6, 6.07) is 11.9. The summed E-state index contributed by atoms with van der Waals surface area (Å²) in [7, 11) is -2.23. The molecule has 0 radical (unpaired) electrons. The van der Waals surface area contributed by atoms with Crippen molar-refractivity contribution in [3.05, 3.63) is 53.6 Å². The third-order valence-electron chi connectivity index (χ3n) is 3.29. The van der Waals surface area contributed by atoms with E-state index in [1.807, 2.05) is 6.92 Å². The monoisotopic (exact) mass is 321 g/mol. The number of sulfonamides is 1. The van der Waals surface area contributed by atoms with E-state index in [1.165, 1.54) is 7.11 Å². The number of ether oxygens (including phenoxy) is 1. The van der Waals surface area contributed by atoms with Gasteiger partial charge in [-0.1, -0.05) is 24.3 Å². The minimum atomic E-state index is -3.67.